The molecule has 0 aliphatic carbocycles. The lowest BCUT2D eigenvalue weighted by Gasteiger charge is -2.03. The standard InChI is InChI=1S/C8H9BrNOP/c1-5-4-6(10-8(11)12)2-3-7(5)9/h2-4H,12H2,1H3,(H,10,11). The Morgan fingerprint density at radius 3 is 2.75 bits per heavy atom. The molecule has 2 nitrogen and oxygen atoms in total. The van der Waals surface area contributed by atoms with E-state index >= 15 is 0 Å². The molecule has 0 heterocycles. The third-order valence-electron chi connectivity index (χ3n) is 1.43. The molecule has 0 radical (unpaired) electrons. The van der Waals surface area contributed by atoms with Crippen LogP contribution in [-0.4, -0.2) is 5.65 Å². The van der Waals surface area contributed by atoms with E-state index in [-0.39, 0.29) is 5.65 Å². The molecule has 0 spiro atoms. The summed E-state index contributed by atoms with van der Waals surface area (Å²) in [6, 6.07) is 5.66. The highest BCUT2D eigenvalue weighted by Gasteiger charge is 1.97. The van der Waals surface area contributed by atoms with E-state index in [4.69, 9.17) is 0 Å². The first-order valence-electron chi connectivity index (χ1n) is 3.42. The summed E-state index contributed by atoms with van der Waals surface area (Å²) in [5.74, 6) is 0. The van der Waals surface area contributed by atoms with Crippen LogP contribution in [0.1, 0.15) is 5.56 Å². The zero-order valence-corrected chi connectivity index (χ0v) is 9.34. The first-order valence-corrected chi connectivity index (χ1v) is 4.79. The maximum atomic E-state index is 10.6. The van der Waals surface area contributed by atoms with Crippen molar-refractivity contribution in [3.8, 4) is 0 Å². The average Bonchev–Trinajstić information content (AvgIpc) is 1.96. The molecule has 1 amide bonds. The van der Waals surface area contributed by atoms with Gasteiger partial charge >= 0.3 is 0 Å². The summed E-state index contributed by atoms with van der Waals surface area (Å²) < 4.78 is 1.05. The van der Waals surface area contributed by atoms with Crippen LogP contribution in [-0.2, 0) is 0 Å². The van der Waals surface area contributed by atoms with Gasteiger partial charge in [-0.05, 0) is 39.9 Å². The van der Waals surface area contributed by atoms with Gasteiger partial charge in [0.2, 0.25) is 5.65 Å². The van der Waals surface area contributed by atoms with Crippen LogP contribution in [0.25, 0.3) is 0 Å². The number of hydrogen-bond donors (Lipinski definition) is 1. The number of nitrogens with one attached hydrogen (secondary N) is 1. The van der Waals surface area contributed by atoms with Gasteiger partial charge < -0.3 is 5.32 Å². The van der Waals surface area contributed by atoms with E-state index < -0.39 is 0 Å². The zero-order chi connectivity index (χ0) is 9.14. The summed E-state index contributed by atoms with van der Waals surface area (Å²) >= 11 is 3.38. The van der Waals surface area contributed by atoms with E-state index in [2.05, 4.69) is 30.5 Å². The van der Waals surface area contributed by atoms with Crippen molar-refractivity contribution < 1.29 is 4.79 Å². The van der Waals surface area contributed by atoms with Gasteiger partial charge in [0.15, 0.2) is 0 Å². The summed E-state index contributed by atoms with van der Waals surface area (Å²) in [4.78, 5) is 10.6. The van der Waals surface area contributed by atoms with Gasteiger partial charge in [-0.2, -0.15) is 0 Å². The Labute approximate surface area is 82.1 Å². The molecule has 0 saturated heterocycles. The van der Waals surface area contributed by atoms with Crippen LogP contribution in [0, 0.1) is 6.92 Å². The van der Waals surface area contributed by atoms with Gasteiger partial charge in [-0.15, -0.1) is 0 Å². The van der Waals surface area contributed by atoms with Crippen LogP contribution in [0.3, 0.4) is 0 Å². The molecular weight excluding hydrogens is 237 g/mol. The molecule has 4 heteroatoms. The van der Waals surface area contributed by atoms with Crippen molar-refractivity contribution in [2.75, 3.05) is 5.32 Å². The van der Waals surface area contributed by atoms with Gasteiger partial charge in [0.05, 0.1) is 0 Å². The fraction of sp³-hybridized carbons (Fsp3) is 0.125. The molecule has 0 aromatic heterocycles. The highest BCUT2D eigenvalue weighted by molar-refractivity contribution is 9.10. The minimum Gasteiger partial charge on any atom is -0.323 e. The van der Waals surface area contributed by atoms with E-state index in [1.165, 1.54) is 0 Å². The van der Waals surface area contributed by atoms with Gasteiger partial charge in [-0.1, -0.05) is 15.9 Å². The monoisotopic (exact) mass is 245 g/mol. The van der Waals surface area contributed by atoms with Crippen molar-refractivity contribution in [3.63, 3.8) is 0 Å². The number of carbonyl (C=O) groups is 1. The van der Waals surface area contributed by atoms with Gasteiger partial charge in [0.1, 0.15) is 0 Å². The SMILES string of the molecule is Cc1cc(NC(=O)P)ccc1Br. The number of hydrogen-bond acceptors (Lipinski definition) is 1. The van der Waals surface area contributed by atoms with E-state index in [0.29, 0.717) is 0 Å². The molecule has 0 bridgehead atoms. The molecule has 1 aromatic rings. The number of aryl methyl sites for hydroxylation is 1. The minimum atomic E-state index is -0.128. The van der Waals surface area contributed by atoms with Crippen molar-refractivity contribution in [2.45, 2.75) is 6.92 Å². The Morgan fingerprint density at radius 2 is 2.25 bits per heavy atom. The minimum absolute atomic E-state index is 0.128. The number of amides is 1. The van der Waals surface area contributed by atoms with Crippen LogP contribution in [0.4, 0.5) is 10.5 Å². The molecule has 0 aliphatic rings. The molecule has 1 N–H and O–H groups in total. The number of anilines is 1. The molecule has 1 atom stereocenters. The van der Waals surface area contributed by atoms with Crippen LogP contribution >= 0.6 is 25.2 Å². The maximum absolute atomic E-state index is 10.6. The number of benzene rings is 1. The highest BCUT2D eigenvalue weighted by atomic mass is 79.9. The molecule has 12 heavy (non-hydrogen) atoms. The second-order valence-electron chi connectivity index (χ2n) is 2.45. The molecule has 1 rings (SSSR count). The van der Waals surface area contributed by atoms with Gasteiger partial charge in [0, 0.05) is 10.2 Å². The van der Waals surface area contributed by atoms with E-state index in [0.717, 1.165) is 15.7 Å². The highest BCUT2D eigenvalue weighted by Crippen LogP contribution is 2.20. The second kappa shape index (κ2) is 4.01. The Balaban J connectivity index is 2.89. The average molecular weight is 246 g/mol. The Bertz CT molecular complexity index is 314. The smallest absolute Gasteiger partial charge is 0.239 e. The van der Waals surface area contributed by atoms with Crippen LogP contribution in [0.15, 0.2) is 22.7 Å². The summed E-state index contributed by atoms with van der Waals surface area (Å²) in [7, 11) is 2.07. The number of halogens is 1. The molecule has 0 saturated carbocycles. The van der Waals surface area contributed by atoms with Crippen LogP contribution in [0.5, 0.6) is 0 Å². The maximum Gasteiger partial charge on any atom is 0.239 e. The molecular formula is C8H9BrNOP. The van der Waals surface area contributed by atoms with Crippen LogP contribution in [0.2, 0.25) is 0 Å². The van der Waals surface area contributed by atoms with Crippen molar-refractivity contribution in [1.82, 2.24) is 0 Å². The lowest BCUT2D eigenvalue weighted by Crippen LogP contribution is -2.00. The fourth-order valence-electron chi connectivity index (χ4n) is 0.865. The second-order valence-corrected chi connectivity index (χ2v) is 3.83. The van der Waals surface area contributed by atoms with Gasteiger partial charge in [0.25, 0.3) is 0 Å². The predicted molar refractivity (Wildman–Crippen MR) is 57.6 cm³/mol. The van der Waals surface area contributed by atoms with Crippen molar-refractivity contribution >= 4 is 36.5 Å². The van der Waals surface area contributed by atoms with Gasteiger partial charge in [-0.25, -0.2) is 0 Å². The van der Waals surface area contributed by atoms with Crippen molar-refractivity contribution in [3.05, 3.63) is 28.2 Å². The van der Waals surface area contributed by atoms with E-state index in [9.17, 15) is 4.79 Å². The lowest BCUT2D eigenvalue weighted by atomic mass is 10.2. The summed E-state index contributed by atoms with van der Waals surface area (Å²) in [6.45, 7) is 1.97. The number of rotatable bonds is 1. The summed E-state index contributed by atoms with van der Waals surface area (Å²) in [6.07, 6.45) is 0. The fourth-order valence-corrected chi connectivity index (χ4v) is 1.28. The third kappa shape index (κ3) is 2.58. The topological polar surface area (TPSA) is 29.1 Å². The number of carbonyl (C=O) groups excluding carboxylic acids is 1. The Kier molecular flexibility index (Phi) is 3.24. The van der Waals surface area contributed by atoms with Crippen LogP contribution < -0.4 is 5.32 Å². The van der Waals surface area contributed by atoms with E-state index in [1.54, 1.807) is 0 Å². The summed E-state index contributed by atoms with van der Waals surface area (Å²) in [5.41, 5.74) is 1.79. The first-order chi connectivity index (χ1) is 5.59. The quantitative estimate of drug-likeness (QED) is 0.757. The Hall–Kier alpha value is -0.400. The normalized spacial score (nSPS) is 9.58. The van der Waals surface area contributed by atoms with E-state index in [1.807, 2.05) is 25.1 Å². The Morgan fingerprint density at radius 1 is 1.58 bits per heavy atom. The van der Waals surface area contributed by atoms with Crippen molar-refractivity contribution in [2.24, 2.45) is 0 Å². The molecule has 1 unspecified atom stereocenters. The lowest BCUT2D eigenvalue weighted by molar-refractivity contribution is 0.269. The predicted octanol–water partition coefficient (Wildman–Crippen LogP) is 3.16. The molecule has 1 aromatic carbocycles. The molecule has 0 fully saturated rings. The third-order valence-corrected chi connectivity index (χ3v) is 2.46. The largest absolute Gasteiger partial charge is 0.323 e. The van der Waals surface area contributed by atoms with Crippen molar-refractivity contribution in [1.29, 1.82) is 0 Å². The van der Waals surface area contributed by atoms with Gasteiger partial charge in [-0.3, -0.25) is 4.79 Å². The first kappa shape index (κ1) is 9.69. The summed E-state index contributed by atoms with van der Waals surface area (Å²) in [5, 5.41) is 2.68. The molecule has 64 valence electrons. The molecule has 0 aliphatic heterocycles. The zero-order valence-electron chi connectivity index (χ0n) is 6.60.